The molecule has 1 aliphatic rings. The second-order valence-electron chi connectivity index (χ2n) is 7.02. The van der Waals surface area contributed by atoms with Gasteiger partial charge in [0.2, 0.25) is 5.91 Å². The Morgan fingerprint density at radius 3 is 2.62 bits per heavy atom. The van der Waals surface area contributed by atoms with Crippen LogP contribution in [-0.2, 0) is 4.79 Å². The standard InChI is InChI=1S/C21H19BrN4O3/c22-15-5-6-18(23-12-15)25-19(27)13-7-9-26(10-8-13)21(29)16-11-14-3-1-2-4-17(14)24-20(16)28/h1-6,11-13H,7-10H2,(H,24,28)(H,23,25,27). The van der Waals surface area contributed by atoms with E-state index in [-0.39, 0.29) is 23.3 Å². The van der Waals surface area contributed by atoms with Gasteiger partial charge in [-0.2, -0.15) is 0 Å². The Morgan fingerprint density at radius 1 is 1.14 bits per heavy atom. The van der Waals surface area contributed by atoms with Crippen molar-refractivity contribution in [2.45, 2.75) is 12.8 Å². The molecule has 29 heavy (non-hydrogen) atoms. The molecule has 2 aromatic heterocycles. The smallest absolute Gasteiger partial charge is 0.261 e. The number of aromatic amines is 1. The number of hydrogen-bond acceptors (Lipinski definition) is 4. The minimum absolute atomic E-state index is 0.101. The van der Waals surface area contributed by atoms with E-state index in [0.717, 1.165) is 9.86 Å². The number of fused-ring (bicyclic) bond motifs is 1. The number of likely N-dealkylation sites (tertiary alicyclic amines) is 1. The SMILES string of the molecule is O=C(Nc1ccc(Br)cn1)C1CCN(C(=O)c2cc3ccccc3[nH]c2=O)CC1. The molecule has 8 heteroatoms. The third kappa shape index (κ3) is 4.22. The number of anilines is 1. The lowest BCUT2D eigenvalue weighted by molar-refractivity contribution is -0.121. The number of nitrogens with one attached hydrogen (secondary N) is 2. The fourth-order valence-electron chi connectivity index (χ4n) is 3.50. The Bertz CT molecular complexity index is 1120. The van der Waals surface area contributed by atoms with Gasteiger partial charge in [-0.1, -0.05) is 18.2 Å². The Labute approximate surface area is 175 Å². The lowest BCUT2D eigenvalue weighted by atomic mass is 9.95. The number of piperidine rings is 1. The Morgan fingerprint density at radius 2 is 1.90 bits per heavy atom. The lowest BCUT2D eigenvalue weighted by Gasteiger charge is -2.31. The number of carbonyl (C=O) groups is 2. The molecular formula is C21H19BrN4O3. The maximum absolute atomic E-state index is 12.9. The molecule has 3 aromatic rings. The fraction of sp³-hybridized carbons (Fsp3) is 0.238. The van der Waals surface area contributed by atoms with E-state index < -0.39 is 5.56 Å². The van der Waals surface area contributed by atoms with Crippen LogP contribution in [0.1, 0.15) is 23.2 Å². The summed E-state index contributed by atoms with van der Waals surface area (Å²) in [7, 11) is 0. The number of hydrogen-bond donors (Lipinski definition) is 2. The first-order valence-electron chi connectivity index (χ1n) is 9.35. The molecule has 1 aromatic carbocycles. The summed E-state index contributed by atoms with van der Waals surface area (Å²) < 4.78 is 0.839. The third-order valence-electron chi connectivity index (χ3n) is 5.12. The number of carbonyl (C=O) groups excluding carboxylic acids is 2. The van der Waals surface area contributed by atoms with Crippen LogP contribution in [-0.4, -0.2) is 39.8 Å². The van der Waals surface area contributed by atoms with E-state index in [1.54, 1.807) is 29.3 Å². The van der Waals surface area contributed by atoms with Gasteiger partial charge in [0.25, 0.3) is 11.5 Å². The summed E-state index contributed by atoms with van der Waals surface area (Å²) in [6, 6.07) is 12.5. The molecule has 1 fully saturated rings. The first-order chi connectivity index (χ1) is 14.0. The molecule has 0 atom stereocenters. The number of nitrogens with zero attached hydrogens (tertiary/aromatic N) is 2. The number of benzene rings is 1. The van der Waals surface area contributed by atoms with Gasteiger partial charge in [-0.15, -0.1) is 0 Å². The quantitative estimate of drug-likeness (QED) is 0.635. The zero-order chi connectivity index (χ0) is 20.4. The van der Waals surface area contributed by atoms with E-state index in [0.29, 0.717) is 37.3 Å². The summed E-state index contributed by atoms with van der Waals surface area (Å²) >= 11 is 3.31. The van der Waals surface area contributed by atoms with Crippen LogP contribution < -0.4 is 10.9 Å². The average molecular weight is 455 g/mol. The Balaban J connectivity index is 1.41. The number of rotatable bonds is 3. The third-order valence-corrected chi connectivity index (χ3v) is 5.58. The Hall–Kier alpha value is -3.00. The highest BCUT2D eigenvalue weighted by Crippen LogP contribution is 2.21. The summed E-state index contributed by atoms with van der Waals surface area (Å²) in [5.74, 6) is -0.0975. The van der Waals surface area contributed by atoms with Crippen LogP contribution in [0, 0.1) is 5.92 Å². The molecule has 0 bridgehead atoms. The van der Waals surface area contributed by atoms with Gasteiger partial charge < -0.3 is 15.2 Å². The van der Waals surface area contributed by atoms with Gasteiger partial charge in [-0.3, -0.25) is 14.4 Å². The number of para-hydroxylation sites is 1. The van der Waals surface area contributed by atoms with Crippen molar-refractivity contribution in [3.63, 3.8) is 0 Å². The average Bonchev–Trinajstić information content (AvgIpc) is 2.74. The van der Waals surface area contributed by atoms with Crippen LogP contribution >= 0.6 is 15.9 Å². The van der Waals surface area contributed by atoms with E-state index in [1.165, 1.54) is 0 Å². The fourth-order valence-corrected chi connectivity index (χ4v) is 3.73. The van der Waals surface area contributed by atoms with Crippen molar-refractivity contribution in [1.82, 2.24) is 14.9 Å². The molecule has 1 aliphatic heterocycles. The number of pyridine rings is 2. The minimum atomic E-state index is -0.394. The van der Waals surface area contributed by atoms with E-state index in [1.807, 2.05) is 24.3 Å². The first-order valence-corrected chi connectivity index (χ1v) is 10.1. The molecule has 0 radical (unpaired) electrons. The summed E-state index contributed by atoms with van der Waals surface area (Å²) in [4.78, 5) is 46.2. The topological polar surface area (TPSA) is 95.2 Å². The Kier molecular flexibility index (Phi) is 5.44. The van der Waals surface area contributed by atoms with Crippen LogP contribution in [0.2, 0.25) is 0 Å². The summed E-state index contributed by atoms with van der Waals surface area (Å²) in [6.07, 6.45) is 2.71. The van der Waals surface area contributed by atoms with Crippen molar-refractivity contribution in [2.75, 3.05) is 18.4 Å². The van der Waals surface area contributed by atoms with Crippen LogP contribution in [0.4, 0.5) is 5.82 Å². The highest BCUT2D eigenvalue weighted by Gasteiger charge is 2.29. The predicted octanol–water partition coefficient (Wildman–Crippen LogP) is 3.18. The summed E-state index contributed by atoms with van der Waals surface area (Å²) in [6.45, 7) is 0.855. The van der Waals surface area contributed by atoms with Crippen molar-refractivity contribution < 1.29 is 9.59 Å². The molecule has 0 unspecified atom stereocenters. The molecule has 0 spiro atoms. The molecule has 7 nitrogen and oxygen atoms in total. The second-order valence-corrected chi connectivity index (χ2v) is 7.93. The van der Waals surface area contributed by atoms with Gasteiger partial charge in [-0.25, -0.2) is 4.98 Å². The zero-order valence-corrected chi connectivity index (χ0v) is 17.1. The van der Waals surface area contributed by atoms with Crippen LogP contribution in [0.5, 0.6) is 0 Å². The maximum Gasteiger partial charge on any atom is 0.261 e. The van der Waals surface area contributed by atoms with Crippen molar-refractivity contribution in [2.24, 2.45) is 5.92 Å². The van der Waals surface area contributed by atoms with Crippen LogP contribution in [0.3, 0.4) is 0 Å². The largest absolute Gasteiger partial charge is 0.338 e. The summed E-state index contributed by atoms with van der Waals surface area (Å²) in [5, 5.41) is 3.63. The van der Waals surface area contributed by atoms with E-state index in [4.69, 9.17) is 0 Å². The van der Waals surface area contributed by atoms with E-state index in [2.05, 4.69) is 31.2 Å². The van der Waals surface area contributed by atoms with Gasteiger partial charge >= 0.3 is 0 Å². The van der Waals surface area contributed by atoms with Gasteiger partial charge in [-0.05, 0) is 58.4 Å². The lowest BCUT2D eigenvalue weighted by Crippen LogP contribution is -2.43. The zero-order valence-electron chi connectivity index (χ0n) is 15.5. The molecule has 2 N–H and O–H groups in total. The van der Waals surface area contributed by atoms with Gasteiger partial charge in [0, 0.05) is 35.2 Å². The van der Waals surface area contributed by atoms with Gasteiger partial charge in [0.05, 0.1) is 0 Å². The van der Waals surface area contributed by atoms with Crippen LogP contribution in [0.15, 0.2) is 57.9 Å². The van der Waals surface area contributed by atoms with Crippen molar-refractivity contribution in [1.29, 1.82) is 0 Å². The minimum Gasteiger partial charge on any atom is -0.338 e. The molecule has 148 valence electrons. The predicted molar refractivity (Wildman–Crippen MR) is 114 cm³/mol. The highest BCUT2D eigenvalue weighted by atomic mass is 79.9. The van der Waals surface area contributed by atoms with Crippen LogP contribution in [0.25, 0.3) is 10.9 Å². The monoisotopic (exact) mass is 454 g/mol. The molecule has 0 aliphatic carbocycles. The molecule has 3 heterocycles. The molecule has 1 saturated heterocycles. The van der Waals surface area contributed by atoms with Gasteiger partial charge in [0.1, 0.15) is 11.4 Å². The van der Waals surface area contributed by atoms with Crippen molar-refractivity contribution >= 4 is 44.5 Å². The van der Waals surface area contributed by atoms with E-state index in [9.17, 15) is 14.4 Å². The molecule has 2 amide bonds. The maximum atomic E-state index is 12.9. The number of halogens is 1. The van der Waals surface area contributed by atoms with E-state index >= 15 is 0 Å². The highest BCUT2D eigenvalue weighted by molar-refractivity contribution is 9.10. The van der Waals surface area contributed by atoms with Crippen molar-refractivity contribution in [3.05, 3.63) is 69.1 Å². The number of aromatic nitrogens is 2. The van der Waals surface area contributed by atoms with Crippen molar-refractivity contribution in [3.8, 4) is 0 Å². The first kappa shape index (κ1) is 19.3. The molecule has 0 saturated carbocycles. The number of H-pyrrole nitrogens is 1. The normalized spacial score (nSPS) is 14.7. The van der Waals surface area contributed by atoms with Gasteiger partial charge in [0.15, 0.2) is 0 Å². The second kappa shape index (κ2) is 8.16. The molecular weight excluding hydrogens is 436 g/mol. The number of amides is 2. The summed E-state index contributed by atoms with van der Waals surface area (Å²) in [5.41, 5.74) is 0.437. The molecule has 4 rings (SSSR count).